The van der Waals surface area contributed by atoms with Gasteiger partial charge in [-0.1, -0.05) is 44.2 Å². The van der Waals surface area contributed by atoms with Crippen molar-refractivity contribution in [1.82, 2.24) is 26.3 Å². The lowest BCUT2D eigenvalue weighted by atomic mass is 10.0. The van der Waals surface area contributed by atoms with Crippen molar-refractivity contribution in [3.63, 3.8) is 0 Å². The van der Waals surface area contributed by atoms with Gasteiger partial charge in [0.1, 0.15) is 23.9 Å². The first-order valence-corrected chi connectivity index (χ1v) is 16.6. The van der Waals surface area contributed by atoms with Crippen molar-refractivity contribution in [1.29, 1.82) is 0 Å². The molecule has 0 saturated heterocycles. The van der Waals surface area contributed by atoms with E-state index in [1.807, 2.05) is 30.6 Å². The van der Waals surface area contributed by atoms with Gasteiger partial charge in [0.25, 0.3) is 0 Å². The van der Waals surface area contributed by atoms with Crippen LogP contribution in [0.5, 0.6) is 5.75 Å². The van der Waals surface area contributed by atoms with Crippen molar-refractivity contribution in [2.75, 3.05) is 12.3 Å². The first-order valence-electron chi connectivity index (χ1n) is 16.0. The normalized spacial score (nSPS) is 14.4. The summed E-state index contributed by atoms with van der Waals surface area (Å²) in [6.45, 7) is 3.92. The van der Waals surface area contributed by atoms with Gasteiger partial charge in [0.15, 0.2) is 0 Å². The van der Waals surface area contributed by atoms with Crippen LogP contribution in [0.3, 0.4) is 0 Å². The maximum Gasteiger partial charge on any atom is 0.243 e. The fourth-order valence-corrected chi connectivity index (χ4v) is 5.23. The van der Waals surface area contributed by atoms with E-state index in [1.165, 1.54) is 12.1 Å². The van der Waals surface area contributed by atoms with Crippen molar-refractivity contribution < 1.29 is 29.1 Å². The molecule has 10 N–H and O–H groups in total. The van der Waals surface area contributed by atoms with Crippen molar-refractivity contribution in [3.8, 4) is 5.75 Å². The van der Waals surface area contributed by atoms with Crippen LogP contribution in [0.4, 0.5) is 0 Å². The number of carbonyl (C=O) groups excluding carboxylic acids is 5. The van der Waals surface area contributed by atoms with Crippen LogP contribution in [0, 0.1) is 5.92 Å². The molecule has 5 atom stereocenters. The zero-order valence-corrected chi connectivity index (χ0v) is 28.1. The fraction of sp³-hybridized carbons (Fsp3) is 0.441. The van der Waals surface area contributed by atoms with Crippen molar-refractivity contribution in [2.45, 2.75) is 76.2 Å². The van der Waals surface area contributed by atoms with Crippen LogP contribution < -0.4 is 32.7 Å². The highest BCUT2D eigenvalue weighted by Gasteiger charge is 2.32. The number of benzene rings is 2. The standard InChI is InChI=1S/C34H46N7O6S/c1-20(2)30(18-42)41-32(45)27(9-5-6-14-35)38-34(47)29(16-22-17-37-26-8-4-3-7-24(22)26)40-33(46)28(39-31(44)25(36)19-48)15-21-10-12-23(43)13-11-21/h3-4,7-8,10-13,17,20,25,27-30,37,43,48H,5-6,9,14-16,19,35-36H2,1-2H3,(H,38,47)(H,39,44)(H,40,46)(H,41,45)/t25-,27-,28-,29+,30+/m0/s1. The summed E-state index contributed by atoms with van der Waals surface area (Å²) >= 11 is 4.09. The van der Waals surface area contributed by atoms with Gasteiger partial charge in [-0.15, -0.1) is 0 Å². The van der Waals surface area contributed by atoms with E-state index < -0.39 is 53.8 Å². The second kappa shape index (κ2) is 18.8. The van der Waals surface area contributed by atoms with Gasteiger partial charge in [0.05, 0.1) is 12.1 Å². The second-order valence-electron chi connectivity index (χ2n) is 12.0. The van der Waals surface area contributed by atoms with Gasteiger partial charge in [-0.25, -0.2) is 0 Å². The predicted octanol–water partition coefficient (Wildman–Crippen LogP) is 0.750. The van der Waals surface area contributed by atoms with Gasteiger partial charge in [0, 0.05) is 35.7 Å². The lowest BCUT2D eigenvalue weighted by Crippen LogP contribution is -2.59. The number of rotatable bonds is 19. The van der Waals surface area contributed by atoms with Gasteiger partial charge in [-0.2, -0.15) is 12.6 Å². The van der Waals surface area contributed by atoms with Crippen molar-refractivity contribution in [2.24, 2.45) is 17.4 Å². The molecule has 1 heterocycles. The van der Waals surface area contributed by atoms with E-state index in [1.54, 1.807) is 32.2 Å². The van der Waals surface area contributed by atoms with Crippen molar-refractivity contribution >= 4 is 53.4 Å². The molecule has 1 radical (unpaired) electrons. The van der Waals surface area contributed by atoms with E-state index in [-0.39, 0.29) is 36.7 Å². The number of para-hydroxylation sites is 1. The minimum atomic E-state index is -1.18. The van der Waals surface area contributed by atoms with E-state index in [0.29, 0.717) is 24.9 Å². The summed E-state index contributed by atoms with van der Waals surface area (Å²) in [5, 5.41) is 21.4. The molecule has 0 saturated carbocycles. The first kappa shape index (κ1) is 38.1. The van der Waals surface area contributed by atoms with Crippen LogP contribution in [0.2, 0.25) is 0 Å². The minimum Gasteiger partial charge on any atom is -0.508 e. The summed E-state index contributed by atoms with van der Waals surface area (Å²) in [5.41, 5.74) is 13.7. The lowest BCUT2D eigenvalue weighted by molar-refractivity contribution is -0.134. The Labute approximate surface area is 285 Å². The highest BCUT2D eigenvalue weighted by atomic mass is 32.1. The molecule has 2 aromatic carbocycles. The molecule has 14 heteroatoms. The number of hydrogen-bond acceptors (Lipinski definition) is 9. The van der Waals surface area contributed by atoms with Gasteiger partial charge < -0.3 is 42.8 Å². The highest BCUT2D eigenvalue weighted by molar-refractivity contribution is 7.80. The number of phenols is 1. The molecule has 259 valence electrons. The number of aromatic nitrogens is 1. The van der Waals surface area contributed by atoms with E-state index in [2.05, 4.69) is 38.9 Å². The summed E-state index contributed by atoms with van der Waals surface area (Å²) in [6, 6.07) is 8.42. The Balaban J connectivity index is 1.94. The maximum absolute atomic E-state index is 14.0. The number of carbonyl (C=O) groups is 4. The summed E-state index contributed by atoms with van der Waals surface area (Å²) in [7, 11) is 0. The average Bonchev–Trinajstić information content (AvgIpc) is 3.48. The SMILES string of the molecule is CC(C)[C@@H]([C]=O)NC(=O)[C@H](CCCCN)NC(=O)[C@@H](Cc1c[nH]c2ccccc12)NC(=O)[C@H](Cc1ccc(O)cc1)NC(=O)[C@@H](N)CS. The Hall–Kier alpha value is -4.40. The molecular weight excluding hydrogens is 634 g/mol. The van der Waals surface area contributed by atoms with Crippen LogP contribution in [0.1, 0.15) is 44.2 Å². The van der Waals surface area contributed by atoms with E-state index >= 15 is 0 Å². The molecule has 0 aliphatic heterocycles. The van der Waals surface area contributed by atoms with Crippen LogP contribution in [0.25, 0.3) is 10.9 Å². The first-order chi connectivity index (χ1) is 23.0. The quantitative estimate of drug-likeness (QED) is 0.0648. The molecule has 4 amide bonds. The number of nitrogens with two attached hydrogens (primary N) is 2. The molecule has 48 heavy (non-hydrogen) atoms. The second-order valence-corrected chi connectivity index (χ2v) is 12.4. The monoisotopic (exact) mass is 680 g/mol. The van der Waals surface area contributed by atoms with E-state index in [9.17, 15) is 29.1 Å². The topological polar surface area (TPSA) is 222 Å². The molecule has 13 nitrogen and oxygen atoms in total. The molecular formula is C34H46N7O6S. The predicted molar refractivity (Wildman–Crippen MR) is 187 cm³/mol. The molecule has 0 fully saturated rings. The Morgan fingerprint density at radius 1 is 0.854 bits per heavy atom. The average molecular weight is 681 g/mol. The number of thiol groups is 1. The molecule has 0 aliphatic carbocycles. The number of aromatic amines is 1. The third kappa shape index (κ3) is 11.1. The summed E-state index contributed by atoms with van der Waals surface area (Å²) in [4.78, 5) is 68.7. The van der Waals surface area contributed by atoms with Crippen molar-refractivity contribution in [3.05, 3.63) is 65.9 Å². The number of fused-ring (bicyclic) bond motifs is 1. The van der Waals surface area contributed by atoms with Gasteiger partial charge in [0.2, 0.25) is 29.9 Å². The van der Waals surface area contributed by atoms with E-state index in [4.69, 9.17) is 11.5 Å². The summed E-state index contributed by atoms with van der Waals surface area (Å²) in [6.07, 6.45) is 5.03. The summed E-state index contributed by atoms with van der Waals surface area (Å²) < 4.78 is 0. The zero-order valence-electron chi connectivity index (χ0n) is 27.2. The number of nitrogens with one attached hydrogen (secondary N) is 5. The van der Waals surface area contributed by atoms with E-state index in [0.717, 1.165) is 16.5 Å². The number of aromatic hydroxyl groups is 1. The van der Waals surface area contributed by atoms with Crippen LogP contribution >= 0.6 is 12.6 Å². The Bertz CT molecular complexity index is 1530. The number of unbranched alkanes of at least 4 members (excludes halogenated alkanes) is 1. The smallest absolute Gasteiger partial charge is 0.243 e. The summed E-state index contributed by atoms with van der Waals surface area (Å²) in [5.74, 6) is -2.62. The van der Waals surface area contributed by atoms with Gasteiger partial charge in [-0.05, 0) is 61.1 Å². The molecule has 0 unspecified atom stereocenters. The number of H-pyrrole nitrogens is 1. The molecule has 1 aromatic heterocycles. The lowest BCUT2D eigenvalue weighted by Gasteiger charge is -2.27. The Kier molecular flexibility index (Phi) is 14.9. The molecule has 0 spiro atoms. The third-order valence-corrected chi connectivity index (χ3v) is 8.34. The Morgan fingerprint density at radius 3 is 2.08 bits per heavy atom. The molecule has 3 rings (SSSR count). The molecule has 0 bridgehead atoms. The highest BCUT2D eigenvalue weighted by Crippen LogP contribution is 2.20. The van der Waals surface area contributed by atoms with Crippen LogP contribution in [0.15, 0.2) is 54.7 Å². The third-order valence-electron chi connectivity index (χ3n) is 7.95. The Morgan fingerprint density at radius 2 is 1.46 bits per heavy atom. The fourth-order valence-electron chi connectivity index (χ4n) is 5.06. The number of amides is 4. The number of hydrogen-bond donors (Lipinski definition) is 9. The molecule has 3 aromatic rings. The number of phenolic OH excluding ortho intramolecular Hbond substituents is 1. The zero-order chi connectivity index (χ0) is 35.2. The van der Waals surface area contributed by atoms with Gasteiger partial charge in [-0.3, -0.25) is 24.0 Å². The maximum atomic E-state index is 14.0. The van der Waals surface area contributed by atoms with Gasteiger partial charge >= 0.3 is 0 Å². The molecule has 0 aliphatic rings. The minimum absolute atomic E-state index is 0.0292. The van der Waals surface area contributed by atoms with Crippen LogP contribution in [-0.4, -0.2) is 82.5 Å². The van der Waals surface area contributed by atoms with Crippen LogP contribution in [-0.2, 0) is 36.8 Å². The largest absolute Gasteiger partial charge is 0.508 e.